The Morgan fingerprint density at radius 3 is 2.38 bits per heavy atom. The fourth-order valence-corrected chi connectivity index (χ4v) is 5.54. The minimum absolute atomic E-state index is 0.382. The third-order valence-corrected chi connectivity index (χ3v) is 7.18. The van der Waals surface area contributed by atoms with E-state index in [1.165, 1.54) is 0 Å². The van der Waals surface area contributed by atoms with Crippen molar-refractivity contribution < 1.29 is 19.4 Å². The van der Waals surface area contributed by atoms with Crippen LogP contribution in [-0.2, 0) is 16.1 Å². The number of carboxylic acids is 1. The molecule has 0 fully saturated rings. The second kappa shape index (κ2) is 10.6. The van der Waals surface area contributed by atoms with Gasteiger partial charge in [0.1, 0.15) is 6.61 Å². The number of aromatic nitrogens is 3. The fourth-order valence-electron chi connectivity index (χ4n) is 5.54. The first kappa shape index (κ1) is 27.6. The first-order chi connectivity index (χ1) is 19.0. The number of hydrogen-bond donors (Lipinski definition) is 2. The molecule has 0 saturated carbocycles. The number of hydrogen-bond acceptors (Lipinski definition) is 7. The number of aryl methyl sites for hydroxylation is 2. The van der Waals surface area contributed by atoms with Crippen LogP contribution in [0.1, 0.15) is 49.3 Å². The van der Waals surface area contributed by atoms with Crippen LogP contribution in [0.5, 0.6) is 5.75 Å². The lowest BCUT2D eigenvalue weighted by Gasteiger charge is -2.35. The zero-order valence-corrected chi connectivity index (χ0v) is 24.0. The number of carbonyl (C=O) groups is 1. The van der Waals surface area contributed by atoms with Crippen molar-refractivity contribution in [2.24, 2.45) is 5.73 Å². The number of anilines is 2. The molecule has 0 saturated heterocycles. The highest BCUT2D eigenvalue weighted by Crippen LogP contribution is 2.49. The Kier molecular flexibility index (Phi) is 7.29. The monoisotopic (exact) mass is 543 g/mol. The smallest absolute Gasteiger partial charge is 0.337 e. The maximum absolute atomic E-state index is 12.9. The van der Waals surface area contributed by atoms with Gasteiger partial charge in [0.05, 0.1) is 29.2 Å². The van der Waals surface area contributed by atoms with Crippen molar-refractivity contribution in [3.63, 3.8) is 0 Å². The maximum atomic E-state index is 12.9. The molecule has 9 nitrogen and oxygen atoms in total. The summed E-state index contributed by atoms with van der Waals surface area (Å²) in [6.07, 6.45) is 2.11. The summed E-state index contributed by atoms with van der Waals surface area (Å²) in [7, 11) is 0. The number of nitrogens with two attached hydrogens (primary N) is 1. The predicted molar refractivity (Wildman–Crippen MR) is 156 cm³/mol. The first-order valence-corrected chi connectivity index (χ1v) is 13.6. The first-order valence-electron chi connectivity index (χ1n) is 13.6. The van der Waals surface area contributed by atoms with Crippen molar-refractivity contribution >= 4 is 28.5 Å². The lowest BCUT2D eigenvalue weighted by molar-refractivity contribution is -0.160. The van der Waals surface area contributed by atoms with Crippen LogP contribution < -0.4 is 15.4 Å². The molecule has 2 aromatic heterocycles. The number of rotatable bonds is 8. The second-order valence-corrected chi connectivity index (χ2v) is 11.3. The standard InChI is InChI=1S/C31H37N5O4/c1-18-7-9-21(10-8-18)25-23-15-19(2)35-12-13-36(30-33-16-22(17-34-30)39-14-11-32)26(27(23)35)20(3)24(25)28(29(37)38)40-31(4,5)6/h7-10,15-17,28H,11-14,32H2,1-6H3,(H,37,38)/t28-/m0/s1. The Morgan fingerprint density at radius 1 is 1.10 bits per heavy atom. The number of carboxylic acid groups (broad SMARTS) is 1. The summed E-state index contributed by atoms with van der Waals surface area (Å²) in [6.45, 7) is 13.9. The molecule has 4 aromatic rings. The van der Waals surface area contributed by atoms with Crippen LogP contribution in [0.15, 0.2) is 42.7 Å². The van der Waals surface area contributed by atoms with Gasteiger partial charge in [0.15, 0.2) is 11.9 Å². The van der Waals surface area contributed by atoms with Crippen molar-refractivity contribution in [1.82, 2.24) is 14.5 Å². The van der Waals surface area contributed by atoms with Gasteiger partial charge in [-0.25, -0.2) is 14.8 Å². The van der Waals surface area contributed by atoms with Crippen LogP contribution in [-0.4, -0.2) is 50.9 Å². The van der Waals surface area contributed by atoms with Crippen LogP contribution in [0.2, 0.25) is 0 Å². The molecule has 0 radical (unpaired) electrons. The molecule has 3 heterocycles. The van der Waals surface area contributed by atoms with Crippen molar-refractivity contribution in [1.29, 1.82) is 0 Å². The molecule has 9 heteroatoms. The van der Waals surface area contributed by atoms with E-state index in [0.717, 1.165) is 51.1 Å². The average molecular weight is 544 g/mol. The predicted octanol–water partition coefficient (Wildman–Crippen LogP) is 5.45. The topological polar surface area (TPSA) is 116 Å². The largest absolute Gasteiger partial charge is 0.489 e. The molecule has 40 heavy (non-hydrogen) atoms. The summed E-state index contributed by atoms with van der Waals surface area (Å²) in [6, 6.07) is 10.4. The molecule has 210 valence electrons. The summed E-state index contributed by atoms with van der Waals surface area (Å²) in [5, 5.41) is 11.5. The van der Waals surface area contributed by atoms with Crippen LogP contribution in [0.25, 0.3) is 22.0 Å². The lowest BCUT2D eigenvalue weighted by atomic mass is 9.87. The molecule has 1 aliphatic rings. The Balaban J connectivity index is 1.81. The molecular formula is C31H37N5O4. The van der Waals surface area contributed by atoms with Gasteiger partial charge in [0, 0.05) is 36.3 Å². The van der Waals surface area contributed by atoms with Crippen LogP contribution in [0.3, 0.4) is 0 Å². The summed E-state index contributed by atoms with van der Waals surface area (Å²) in [4.78, 5) is 24.2. The van der Waals surface area contributed by atoms with E-state index in [2.05, 4.69) is 56.7 Å². The normalized spacial score (nSPS) is 14.0. The van der Waals surface area contributed by atoms with E-state index in [-0.39, 0.29) is 0 Å². The Labute approximate surface area is 234 Å². The molecular weight excluding hydrogens is 506 g/mol. The van der Waals surface area contributed by atoms with Gasteiger partial charge in [-0.1, -0.05) is 29.8 Å². The van der Waals surface area contributed by atoms with E-state index in [9.17, 15) is 9.90 Å². The molecule has 1 aliphatic heterocycles. The van der Waals surface area contributed by atoms with Crippen molar-refractivity contribution in [3.8, 4) is 16.9 Å². The molecule has 0 unspecified atom stereocenters. The van der Waals surface area contributed by atoms with Gasteiger partial charge in [-0.05, 0) is 64.3 Å². The van der Waals surface area contributed by atoms with Gasteiger partial charge < -0.3 is 29.8 Å². The highest BCUT2D eigenvalue weighted by atomic mass is 16.5. The summed E-state index contributed by atoms with van der Waals surface area (Å²) < 4.78 is 14.1. The fraction of sp³-hybridized carbons (Fsp3) is 0.387. The molecule has 3 N–H and O–H groups in total. The van der Waals surface area contributed by atoms with Gasteiger partial charge in [-0.15, -0.1) is 0 Å². The third kappa shape index (κ3) is 5.02. The highest BCUT2D eigenvalue weighted by Gasteiger charge is 2.36. The van der Waals surface area contributed by atoms with Gasteiger partial charge in [-0.2, -0.15) is 0 Å². The van der Waals surface area contributed by atoms with Crippen molar-refractivity contribution in [3.05, 3.63) is 65.1 Å². The van der Waals surface area contributed by atoms with E-state index in [4.69, 9.17) is 15.2 Å². The van der Waals surface area contributed by atoms with Gasteiger partial charge in [0.2, 0.25) is 5.95 Å². The summed E-state index contributed by atoms with van der Waals surface area (Å²) in [5.41, 5.74) is 12.3. The van der Waals surface area contributed by atoms with E-state index in [1.807, 2.05) is 34.6 Å². The second-order valence-electron chi connectivity index (χ2n) is 11.3. The van der Waals surface area contributed by atoms with E-state index >= 15 is 0 Å². The number of benzene rings is 2. The minimum atomic E-state index is -1.18. The van der Waals surface area contributed by atoms with Crippen LogP contribution in [0.4, 0.5) is 11.6 Å². The SMILES string of the molecule is Cc1ccc(-c2c([C@H](OC(C)(C)C)C(=O)O)c(C)c3c4c2cc(C)n4CCN3c2ncc(OCCN)cn2)cc1. The Bertz CT molecular complexity index is 1550. The van der Waals surface area contributed by atoms with E-state index in [0.29, 0.717) is 37.0 Å². The quantitative estimate of drug-likeness (QED) is 0.301. The average Bonchev–Trinajstić information content (AvgIpc) is 3.24. The highest BCUT2D eigenvalue weighted by molar-refractivity contribution is 6.08. The van der Waals surface area contributed by atoms with Gasteiger partial charge in [-0.3, -0.25) is 0 Å². The zero-order chi connectivity index (χ0) is 28.8. The van der Waals surface area contributed by atoms with Crippen molar-refractivity contribution in [2.45, 2.75) is 59.8 Å². The number of nitrogens with zero attached hydrogens (tertiary/aromatic N) is 4. The summed E-state index contributed by atoms with van der Waals surface area (Å²) in [5.74, 6) is 0.0357. The van der Waals surface area contributed by atoms with E-state index < -0.39 is 17.7 Å². The molecule has 5 rings (SSSR count). The number of ether oxygens (including phenoxy) is 2. The maximum Gasteiger partial charge on any atom is 0.337 e. The molecule has 0 spiro atoms. The molecule has 0 aliphatic carbocycles. The summed E-state index contributed by atoms with van der Waals surface area (Å²) >= 11 is 0. The zero-order valence-electron chi connectivity index (χ0n) is 24.0. The number of aliphatic carboxylic acids is 1. The molecule has 2 aromatic carbocycles. The Morgan fingerprint density at radius 2 is 1.77 bits per heavy atom. The van der Waals surface area contributed by atoms with Gasteiger partial charge >= 0.3 is 5.97 Å². The van der Waals surface area contributed by atoms with E-state index in [1.54, 1.807) is 12.4 Å². The van der Waals surface area contributed by atoms with Gasteiger partial charge in [0.25, 0.3) is 0 Å². The Hall–Kier alpha value is -3.95. The molecule has 0 amide bonds. The molecule has 1 atom stereocenters. The van der Waals surface area contributed by atoms with Crippen LogP contribution in [0, 0.1) is 20.8 Å². The van der Waals surface area contributed by atoms with Crippen molar-refractivity contribution in [2.75, 3.05) is 24.6 Å². The molecule has 0 bridgehead atoms. The van der Waals surface area contributed by atoms with Crippen LogP contribution >= 0.6 is 0 Å². The minimum Gasteiger partial charge on any atom is -0.489 e. The lowest BCUT2D eigenvalue weighted by Crippen LogP contribution is -2.32. The third-order valence-electron chi connectivity index (χ3n) is 7.18.